The quantitative estimate of drug-likeness (QED) is 0.775. The zero-order chi connectivity index (χ0) is 17.8. The number of rotatable bonds is 5. The minimum absolute atomic E-state index is 0.108. The Bertz CT molecular complexity index is 892. The average molecular weight is 341 g/mol. The lowest BCUT2D eigenvalue weighted by molar-refractivity contribution is -0.121. The van der Waals surface area contributed by atoms with Crippen LogP contribution in [0.4, 0.5) is 8.78 Å². The van der Waals surface area contributed by atoms with Crippen molar-refractivity contribution in [3.8, 4) is 0 Å². The van der Waals surface area contributed by atoms with Gasteiger partial charge < -0.3 is 9.88 Å². The topological polar surface area (TPSA) is 46.9 Å². The van der Waals surface area contributed by atoms with Crippen molar-refractivity contribution < 1.29 is 13.6 Å². The molecule has 0 spiro atoms. The summed E-state index contributed by atoms with van der Waals surface area (Å²) in [6.45, 7) is 0. The first kappa shape index (κ1) is 16.8. The Balaban J connectivity index is 1.87. The minimum Gasteiger partial charge on any atom is -0.342 e. The smallest absolute Gasteiger partial charge is 0.225 e. The molecule has 1 aromatic heterocycles. The first-order valence-electron chi connectivity index (χ1n) is 7.80. The van der Waals surface area contributed by atoms with Crippen LogP contribution in [0.25, 0.3) is 0 Å². The van der Waals surface area contributed by atoms with Gasteiger partial charge in [0.05, 0.1) is 6.42 Å². The molecule has 1 N–H and O–H groups in total. The van der Waals surface area contributed by atoms with E-state index < -0.39 is 17.7 Å². The number of hydrogen-bond acceptors (Lipinski definition) is 2. The molecule has 128 valence electrons. The van der Waals surface area contributed by atoms with E-state index in [1.807, 2.05) is 0 Å². The van der Waals surface area contributed by atoms with Gasteiger partial charge >= 0.3 is 0 Å². The molecule has 1 heterocycles. The minimum atomic E-state index is -0.630. The van der Waals surface area contributed by atoms with Gasteiger partial charge in [-0.25, -0.2) is 13.8 Å². The van der Waals surface area contributed by atoms with Crippen LogP contribution in [-0.4, -0.2) is 15.5 Å². The van der Waals surface area contributed by atoms with E-state index in [0.29, 0.717) is 17.0 Å². The Kier molecular flexibility index (Phi) is 4.88. The maximum atomic E-state index is 13.8. The molecule has 0 aliphatic rings. The Labute approximate surface area is 144 Å². The molecule has 25 heavy (non-hydrogen) atoms. The summed E-state index contributed by atoms with van der Waals surface area (Å²) in [5.74, 6) is -0.646. The van der Waals surface area contributed by atoms with Crippen LogP contribution < -0.4 is 5.32 Å². The van der Waals surface area contributed by atoms with Crippen LogP contribution >= 0.6 is 0 Å². The molecule has 1 atom stereocenters. The Morgan fingerprint density at radius 3 is 2.68 bits per heavy atom. The predicted octanol–water partition coefficient (Wildman–Crippen LogP) is 3.15. The number of amides is 1. The maximum Gasteiger partial charge on any atom is 0.225 e. The van der Waals surface area contributed by atoms with Crippen LogP contribution in [0.2, 0.25) is 0 Å². The lowest BCUT2D eigenvalue weighted by atomic mass is 10.0. The van der Waals surface area contributed by atoms with Crippen LogP contribution in [0.1, 0.15) is 23.0 Å². The molecule has 1 amide bonds. The van der Waals surface area contributed by atoms with Gasteiger partial charge in [-0.1, -0.05) is 30.3 Å². The molecular weight excluding hydrogens is 324 g/mol. The summed E-state index contributed by atoms with van der Waals surface area (Å²) >= 11 is 0. The van der Waals surface area contributed by atoms with Crippen molar-refractivity contribution in [3.63, 3.8) is 0 Å². The Hall–Kier alpha value is -3.02. The number of carbonyl (C=O) groups is 1. The number of aromatic nitrogens is 2. The van der Waals surface area contributed by atoms with E-state index in [4.69, 9.17) is 0 Å². The fourth-order valence-corrected chi connectivity index (χ4v) is 2.67. The number of carbonyl (C=O) groups excluding carboxylic acids is 1. The highest BCUT2D eigenvalue weighted by Gasteiger charge is 2.21. The van der Waals surface area contributed by atoms with Gasteiger partial charge in [0.15, 0.2) is 0 Å². The van der Waals surface area contributed by atoms with E-state index in [1.54, 1.807) is 54.3 Å². The molecule has 0 aliphatic carbocycles. The van der Waals surface area contributed by atoms with Crippen molar-refractivity contribution >= 4 is 5.91 Å². The monoisotopic (exact) mass is 341 g/mol. The molecule has 0 saturated heterocycles. The Morgan fingerprint density at radius 1 is 1.20 bits per heavy atom. The molecule has 1 unspecified atom stereocenters. The summed E-state index contributed by atoms with van der Waals surface area (Å²) in [4.78, 5) is 16.7. The summed E-state index contributed by atoms with van der Waals surface area (Å²) in [5.41, 5.74) is 0.869. The van der Waals surface area contributed by atoms with Gasteiger partial charge in [0, 0.05) is 19.4 Å². The summed E-state index contributed by atoms with van der Waals surface area (Å²) in [7, 11) is 1.79. The fourth-order valence-electron chi connectivity index (χ4n) is 2.67. The van der Waals surface area contributed by atoms with Crippen LogP contribution in [-0.2, 0) is 18.3 Å². The van der Waals surface area contributed by atoms with Crippen LogP contribution in [0.15, 0.2) is 60.9 Å². The highest BCUT2D eigenvalue weighted by molar-refractivity contribution is 5.79. The molecular formula is C19H17F2N3O. The molecule has 3 rings (SSSR count). The number of imidazole rings is 1. The van der Waals surface area contributed by atoms with Gasteiger partial charge in [0.25, 0.3) is 0 Å². The van der Waals surface area contributed by atoms with Gasteiger partial charge in [0.1, 0.15) is 23.5 Å². The van der Waals surface area contributed by atoms with Crippen molar-refractivity contribution in [2.24, 2.45) is 7.05 Å². The van der Waals surface area contributed by atoms with Crippen molar-refractivity contribution in [1.82, 2.24) is 14.9 Å². The lowest BCUT2D eigenvalue weighted by Crippen LogP contribution is -2.32. The second kappa shape index (κ2) is 7.25. The number of nitrogens with one attached hydrogen (secondary N) is 1. The SMILES string of the molecule is Cn1ccnc1C(NC(=O)Cc1ccccc1F)c1cccc(F)c1. The molecule has 0 bridgehead atoms. The predicted molar refractivity (Wildman–Crippen MR) is 89.7 cm³/mol. The fraction of sp³-hybridized carbons (Fsp3) is 0.158. The number of halogens is 2. The first-order chi connectivity index (χ1) is 12.0. The third-order valence-electron chi connectivity index (χ3n) is 3.91. The summed E-state index contributed by atoms with van der Waals surface area (Å²) in [5, 5.41) is 2.82. The highest BCUT2D eigenvalue weighted by atomic mass is 19.1. The number of aryl methyl sites for hydroxylation is 1. The van der Waals surface area contributed by atoms with Gasteiger partial charge in [0.2, 0.25) is 5.91 Å². The summed E-state index contributed by atoms with van der Waals surface area (Å²) in [6.07, 6.45) is 3.23. The Morgan fingerprint density at radius 2 is 2.00 bits per heavy atom. The number of nitrogens with zero attached hydrogens (tertiary/aromatic N) is 2. The zero-order valence-electron chi connectivity index (χ0n) is 13.6. The summed E-state index contributed by atoms with van der Waals surface area (Å²) in [6, 6.07) is 11.5. The molecule has 0 aliphatic heterocycles. The zero-order valence-corrected chi connectivity index (χ0v) is 13.6. The van der Waals surface area contributed by atoms with E-state index in [2.05, 4.69) is 10.3 Å². The van der Waals surface area contributed by atoms with E-state index in [1.165, 1.54) is 18.2 Å². The van der Waals surface area contributed by atoms with Gasteiger partial charge in [-0.15, -0.1) is 0 Å². The van der Waals surface area contributed by atoms with Crippen molar-refractivity contribution in [2.45, 2.75) is 12.5 Å². The second-order valence-electron chi connectivity index (χ2n) is 5.72. The highest BCUT2D eigenvalue weighted by Crippen LogP contribution is 2.21. The second-order valence-corrected chi connectivity index (χ2v) is 5.72. The third kappa shape index (κ3) is 3.91. The van der Waals surface area contributed by atoms with Crippen molar-refractivity contribution in [3.05, 3.63) is 89.5 Å². The molecule has 6 heteroatoms. The van der Waals surface area contributed by atoms with Crippen molar-refractivity contribution in [1.29, 1.82) is 0 Å². The molecule has 0 fully saturated rings. The summed E-state index contributed by atoms with van der Waals surface area (Å²) < 4.78 is 29.1. The number of hydrogen-bond donors (Lipinski definition) is 1. The largest absolute Gasteiger partial charge is 0.342 e. The lowest BCUT2D eigenvalue weighted by Gasteiger charge is -2.19. The standard InChI is InChI=1S/C19H17F2N3O/c1-24-10-9-22-19(24)18(14-6-4-7-15(20)11-14)23-17(25)12-13-5-2-3-8-16(13)21/h2-11,18H,12H2,1H3,(H,23,25). The maximum absolute atomic E-state index is 13.8. The number of benzene rings is 2. The van der Waals surface area contributed by atoms with Crippen LogP contribution in [0, 0.1) is 11.6 Å². The van der Waals surface area contributed by atoms with E-state index >= 15 is 0 Å². The van der Waals surface area contributed by atoms with Crippen molar-refractivity contribution in [2.75, 3.05) is 0 Å². The average Bonchev–Trinajstić information content (AvgIpc) is 3.00. The van der Waals surface area contributed by atoms with Gasteiger partial charge in [-0.3, -0.25) is 4.79 Å². The normalized spacial score (nSPS) is 12.0. The van der Waals surface area contributed by atoms with Gasteiger partial charge in [-0.2, -0.15) is 0 Å². The molecule has 2 aromatic carbocycles. The van der Waals surface area contributed by atoms with Crippen LogP contribution in [0.3, 0.4) is 0 Å². The van der Waals surface area contributed by atoms with E-state index in [0.717, 1.165) is 0 Å². The van der Waals surface area contributed by atoms with E-state index in [-0.39, 0.29) is 12.3 Å². The van der Waals surface area contributed by atoms with E-state index in [9.17, 15) is 13.6 Å². The first-order valence-corrected chi connectivity index (χ1v) is 7.80. The molecule has 0 radical (unpaired) electrons. The van der Waals surface area contributed by atoms with Gasteiger partial charge in [-0.05, 0) is 29.3 Å². The molecule has 0 saturated carbocycles. The third-order valence-corrected chi connectivity index (χ3v) is 3.91. The molecule has 3 aromatic rings. The van der Waals surface area contributed by atoms with Crippen LogP contribution in [0.5, 0.6) is 0 Å². The molecule has 4 nitrogen and oxygen atoms in total.